The van der Waals surface area contributed by atoms with Crippen LogP contribution in [0.4, 0.5) is 0 Å². The average molecular weight is 389 g/mol. The molecule has 27 heavy (non-hydrogen) atoms. The second-order valence-corrected chi connectivity index (χ2v) is 7.03. The number of fused-ring (bicyclic) bond motifs is 1. The zero-order chi connectivity index (χ0) is 19.2. The third-order valence-corrected chi connectivity index (χ3v) is 4.86. The predicted octanol–water partition coefficient (Wildman–Crippen LogP) is 1.27. The maximum absolute atomic E-state index is 5.51. The lowest BCUT2D eigenvalue weighted by molar-refractivity contribution is -0.890. The number of thiocarbonyl (C=S) groups is 1. The zero-order valence-electron chi connectivity index (χ0n) is 15.9. The molecule has 1 atom stereocenters. The fraction of sp³-hybridized carbons (Fsp3) is 0.350. The number of benzene rings is 2. The molecule has 0 aromatic heterocycles. The Morgan fingerprint density at radius 2 is 1.93 bits per heavy atom. The smallest absolute Gasteiger partial charge is 0.231 e. The van der Waals surface area contributed by atoms with Gasteiger partial charge in [0.05, 0.1) is 33.3 Å². The molecule has 0 aliphatic carbocycles. The Hall–Kier alpha value is -2.51. The van der Waals surface area contributed by atoms with Gasteiger partial charge in [-0.05, 0) is 42.0 Å². The third-order valence-electron chi connectivity index (χ3n) is 4.57. The zero-order valence-corrected chi connectivity index (χ0v) is 16.7. The van der Waals surface area contributed by atoms with E-state index in [-0.39, 0.29) is 12.8 Å². The molecule has 0 saturated heterocycles. The number of methoxy groups -OCH3 is 1. The van der Waals surface area contributed by atoms with Crippen LogP contribution in [-0.2, 0) is 6.54 Å². The molecule has 3 rings (SSSR count). The molecule has 2 aromatic carbocycles. The van der Waals surface area contributed by atoms with Gasteiger partial charge in [0.15, 0.2) is 16.6 Å². The molecular formula is C20H26N3O3S+. The van der Waals surface area contributed by atoms with Crippen LogP contribution in [0.25, 0.3) is 0 Å². The highest BCUT2D eigenvalue weighted by molar-refractivity contribution is 7.80. The first kappa shape index (κ1) is 19.3. The predicted molar refractivity (Wildman–Crippen MR) is 109 cm³/mol. The standard InChI is InChI=1S/C20H25N3O3S/c1-23(2)16(15-6-4-5-7-17(15)24-3)12-22-20(27)21-11-14-8-9-18-19(10-14)26-13-25-18/h4-10,16H,11-13H2,1-3H3,(H2,21,22,27)/p+1/t16-/m0/s1. The molecule has 3 N–H and O–H groups in total. The minimum atomic E-state index is 0.214. The summed E-state index contributed by atoms with van der Waals surface area (Å²) in [6.45, 7) is 1.61. The van der Waals surface area contributed by atoms with E-state index in [0.29, 0.717) is 18.2 Å². The van der Waals surface area contributed by atoms with E-state index in [9.17, 15) is 0 Å². The first-order chi connectivity index (χ1) is 13.1. The highest BCUT2D eigenvalue weighted by Crippen LogP contribution is 2.32. The van der Waals surface area contributed by atoms with Crippen molar-refractivity contribution < 1.29 is 19.1 Å². The molecular weight excluding hydrogens is 362 g/mol. The number of ether oxygens (including phenoxy) is 3. The van der Waals surface area contributed by atoms with Gasteiger partial charge in [-0.1, -0.05) is 18.2 Å². The van der Waals surface area contributed by atoms with E-state index in [1.54, 1.807) is 7.11 Å². The third kappa shape index (κ3) is 4.81. The Kier molecular flexibility index (Phi) is 6.36. The van der Waals surface area contributed by atoms with E-state index in [4.69, 9.17) is 26.4 Å². The normalized spacial score (nSPS) is 13.3. The summed E-state index contributed by atoms with van der Waals surface area (Å²) >= 11 is 5.45. The van der Waals surface area contributed by atoms with Crippen LogP contribution in [0.15, 0.2) is 42.5 Å². The molecule has 0 saturated carbocycles. The number of likely N-dealkylation sites (N-methyl/N-ethyl adjacent to an activating group) is 1. The van der Waals surface area contributed by atoms with E-state index < -0.39 is 0 Å². The van der Waals surface area contributed by atoms with E-state index in [2.05, 4.69) is 30.8 Å². The first-order valence-corrected chi connectivity index (χ1v) is 9.32. The van der Waals surface area contributed by atoms with Crippen molar-refractivity contribution in [1.82, 2.24) is 10.6 Å². The summed E-state index contributed by atoms with van der Waals surface area (Å²) in [5.74, 6) is 2.46. The van der Waals surface area contributed by atoms with Crippen LogP contribution in [0.2, 0.25) is 0 Å². The van der Waals surface area contributed by atoms with E-state index >= 15 is 0 Å². The summed E-state index contributed by atoms with van der Waals surface area (Å²) in [4.78, 5) is 1.30. The van der Waals surface area contributed by atoms with Crippen molar-refractivity contribution in [3.8, 4) is 17.2 Å². The van der Waals surface area contributed by atoms with Gasteiger partial charge < -0.3 is 29.7 Å². The van der Waals surface area contributed by atoms with Crippen molar-refractivity contribution in [2.75, 3.05) is 34.5 Å². The summed E-state index contributed by atoms with van der Waals surface area (Å²) in [5, 5.41) is 7.19. The fourth-order valence-electron chi connectivity index (χ4n) is 3.07. The molecule has 6 nitrogen and oxygen atoms in total. The molecule has 1 aliphatic heterocycles. The highest BCUT2D eigenvalue weighted by atomic mass is 32.1. The first-order valence-electron chi connectivity index (χ1n) is 8.91. The van der Waals surface area contributed by atoms with Gasteiger partial charge in [0, 0.05) is 6.54 Å². The highest BCUT2D eigenvalue weighted by Gasteiger charge is 2.21. The molecule has 0 bridgehead atoms. The lowest BCUT2D eigenvalue weighted by Gasteiger charge is -2.24. The van der Waals surface area contributed by atoms with Gasteiger partial charge in [-0.3, -0.25) is 0 Å². The Labute approximate surface area is 165 Å². The molecule has 2 aromatic rings. The average Bonchev–Trinajstić information content (AvgIpc) is 3.14. The molecule has 0 fully saturated rings. The van der Waals surface area contributed by atoms with Crippen molar-refractivity contribution in [2.24, 2.45) is 0 Å². The number of hydrogen-bond donors (Lipinski definition) is 3. The van der Waals surface area contributed by atoms with E-state index in [1.807, 2.05) is 36.4 Å². The monoisotopic (exact) mass is 388 g/mol. The van der Waals surface area contributed by atoms with Crippen molar-refractivity contribution in [1.29, 1.82) is 0 Å². The maximum atomic E-state index is 5.51. The van der Waals surface area contributed by atoms with Crippen molar-refractivity contribution in [2.45, 2.75) is 12.6 Å². The van der Waals surface area contributed by atoms with Crippen LogP contribution in [-0.4, -0.2) is 39.7 Å². The Bertz CT molecular complexity index is 798. The minimum Gasteiger partial charge on any atom is -0.496 e. The number of quaternary nitrogens is 1. The molecule has 144 valence electrons. The van der Waals surface area contributed by atoms with Gasteiger partial charge >= 0.3 is 0 Å². The summed E-state index contributed by atoms with van der Waals surface area (Å²) in [6, 6.07) is 14.2. The van der Waals surface area contributed by atoms with Crippen molar-refractivity contribution >= 4 is 17.3 Å². The number of rotatable bonds is 7. The minimum absolute atomic E-state index is 0.214. The number of nitrogens with one attached hydrogen (secondary N) is 3. The van der Waals surface area contributed by atoms with Crippen LogP contribution in [0.3, 0.4) is 0 Å². The van der Waals surface area contributed by atoms with Crippen LogP contribution in [0, 0.1) is 0 Å². The summed E-state index contributed by atoms with van der Waals surface area (Å²) in [7, 11) is 5.95. The summed E-state index contributed by atoms with van der Waals surface area (Å²) in [5.41, 5.74) is 2.24. The fourth-order valence-corrected chi connectivity index (χ4v) is 3.23. The molecule has 1 heterocycles. The van der Waals surface area contributed by atoms with Crippen molar-refractivity contribution in [3.63, 3.8) is 0 Å². The second kappa shape index (κ2) is 8.92. The SMILES string of the molecule is COc1ccccc1[C@H](CNC(=S)NCc1ccc2c(c1)OCO2)[NH+](C)C. The summed E-state index contributed by atoms with van der Waals surface area (Å²) < 4.78 is 16.3. The number of hydrogen-bond acceptors (Lipinski definition) is 4. The van der Waals surface area contributed by atoms with Crippen LogP contribution >= 0.6 is 12.2 Å². The lowest BCUT2D eigenvalue weighted by Crippen LogP contribution is -3.07. The Balaban J connectivity index is 1.55. The van der Waals surface area contributed by atoms with Crippen molar-refractivity contribution in [3.05, 3.63) is 53.6 Å². The molecule has 0 amide bonds. The second-order valence-electron chi connectivity index (χ2n) is 6.62. The van der Waals surface area contributed by atoms with Crippen LogP contribution < -0.4 is 29.7 Å². The van der Waals surface area contributed by atoms with Gasteiger partial charge in [-0.15, -0.1) is 0 Å². The number of para-hydroxylation sites is 1. The quantitative estimate of drug-likeness (QED) is 0.622. The van der Waals surface area contributed by atoms with Gasteiger partial charge in [-0.2, -0.15) is 0 Å². The van der Waals surface area contributed by atoms with Crippen LogP contribution in [0.5, 0.6) is 17.2 Å². The lowest BCUT2D eigenvalue weighted by atomic mass is 10.0. The molecule has 0 radical (unpaired) electrons. The van der Waals surface area contributed by atoms with Gasteiger partial charge in [0.25, 0.3) is 0 Å². The van der Waals surface area contributed by atoms with Gasteiger partial charge in [0.1, 0.15) is 11.8 Å². The maximum Gasteiger partial charge on any atom is 0.231 e. The van der Waals surface area contributed by atoms with Gasteiger partial charge in [-0.25, -0.2) is 0 Å². The largest absolute Gasteiger partial charge is 0.496 e. The summed E-state index contributed by atoms with van der Waals surface area (Å²) in [6.07, 6.45) is 0. The Morgan fingerprint density at radius 3 is 2.70 bits per heavy atom. The van der Waals surface area contributed by atoms with Gasteiger partial charge in [0.2, 0.25) is 6.79 Å². The molecule has 0 spiro atoms. The Morgan fingerprint density at radius 1 is 1.15 bits per heavy atom. The topological polar surface area (TPSA) is 56.2 Å². The van der Waals surface area contributed by atoms with Crippen LogP contribution in [0.1, 0.15) is 17.2 Å². The molecule has 0 unspecified atom stereocenters. The van der Waals surface area contributed by atoms with E-state index in [0.717, 1.165) is 28.4 Å². The molecule has 7 heteroatoms. The van der Waals surface area contributed by atoms with E-state index in [1.165, 1.54) is 4.90 Å². The molecule has 1 aliphatic rings.